The number of nitrogens with one attached hydrogen (secondary N) is 2. The number of para-hydroxylation sites is 1. The van der Waals surface area contributed by atoms with E-state index < -0.39 is 5.91 Å². The number of halogens is 2. The van der Waals surface area contributed by atoms with Crippen molar-refractivity contribution in [3.05, 3.63) is 76.0 Å². The number of aromatic nitrogens is 2. The van der Waals surface area contributed by atoms with Gasteiger partial charge in [-0.15, -0.1) is 11.8 Å². The van der Waals surface area contributed by atoms with E-state index in [4.69, 9.17) is 23.2 Å². The summed E-state index contributed by atoms with van der Waals surface area (Å²) < 4.78 is 1.48. The monoisotopic (exact) mass is 434 g/mol. The van der Waals surface area contributed by atoms with E-state index in [1.807, 2.05) is 42.5 Å². The average Bonchev–Trinajstić information content (AvgIpc) is 3.00. The Kier molecular flexibility index (Phi) is 6.61. The molecule has 0 unspecified atom stereocenters. The van der Waals surface area contributed by atoms with Gasteiger partial charge in [-0.05, 0) is 43.3 Å². The first-order chi connectivity index (χ1) is 13.5. The highest BCUT2D eigenvalue weighted by Gasteiger charge is 2.21. The number of hydrogen-bond acceptors (Lipinski definition) is 4. The number of carbonyl (C=O) groups excluding carboxylic acids is 2. The molecule has 2 aromatic carbocycles. The van der Waals surface area contributed by atoms with Gasteiger partial charge < -0.3 is 0 Å². The van der Waals surface area contributed by atoms with Gasteiger partial charge in [0.2, 0.25) is 5.91 Å². The van der Waals surface area contributed by atoms with Crippen LogP contribution in [0.3, 0.4) is 0 Å². The van der Waals surface area contributed by atoms with Crippen molar-refractivity contribution in [3.8, 4) is 5.69 Å². The molecule has 2 N–H and O–H groups in total. The van der Waals surface area contributed by atoms with Crippen molar-refractivity contribution in [2.24, 2.45) is 0 Å². The number of benzene rings is 2. The molecule has 0 spiro atoms. The number of carbonyl (C=O) groups is 2. The standard InChI is InChI=1S/C19H16Cl2N4O2S/c1-12-17(18(21)25(24-12)14-5-3-2-4-6-14)19(27)23-22-16(26)11-28-15-9-7-13(20)8-10-15/h2-10H,11H2,1H3,(H,22,26)(H,23,27). The molecule has 1 aromatic heterocycles. The quantitative estimate of drug-likeness (QED) is 0.469. The summed E-state index contributed by atoms with van der Waals surface area (Å²) in [5.74, 6) is -0.746. The summed E-state index contributed by atoms with van der Waals surface area (Å²) >= 11 is 13.5. The third-order valence-corrected chi connectivity index (χ3v) is 5.34. The molecule has 0 saturated heterocycles. The van der Waals surface area contributed by atoms with Crippen LogP contribution in [0.4, 0.5) is 0 Å². The van der Waals surface area contributed by atoms with Crippen molar-refractivity contribution in [2.75, 3.05) is 5.75 Å². The molecule has 3 rings (SSSR count). The SMILES string of the molecule is Cc1nn(-c2ccccc2)c(Cl)c1C(=O)NNC(=O)CSc1ccc(Cl)cc1. The van der Waals surface area contributed by atoms with Gasteiger partial charge >= 0.3 is 0 Å². The number of rotatable bonds is 5. The molecule has 144 valence electrons. The summed E-state index contributed by atoms with van der Waals surface area (Å²) in [7, 11) is 0. The van der Waals surface area contributed by atoms with E-state index in [1.165, 1.54) is 16.4 Å². The van der Waals surface area contributed by atoms with E-state index in [-0.39, 0.29) is 22.4 Å². The van der Waals surface area contributed by atoms with Crippen LogP contribution in [0.2, 0.25) is 10.2 Å². The minimum Gasteiger partial charge on any atom is -0.272 e. The van der Waals surface area contributed by atoms with Crippen LogP contribution in [-0.4, -0.2) is 27.3 Å². The first-order valence-electron chi connectivity index (χ1n) is 8.24. The zero-order chi connectivity index (χ0) is 20.1. The van der Waals surface area contributed by atoms with Crippen molar-refractivity contribution in [3.63, 3.8) is 0 Å². The van der Waals surface area contributed by atoms with Crippen molar-refractivity contribution in [1.29, 1.82) is 0 Å². The summed E-state index contributed by atoms with van der Waals surface area (Å²) in [6.07, 6.45) is 0. The molecule has 6 nitrogen and oxygen atoms in total. The van der Waals surface area contributed by atoms with E-state index in [2.05, 4.69) is 16.0 Å². The van der Waals surface area contributed by atoms with Gasteiger partial charge in [-0.1, -0.05) is 41.4 Å². The topological polar surface area (TPSA) is 76.0 Å². The Hall–Kier alpha value is -2.48. The lowest BCUT2D eigenvalue weighted by molar-refractivity contribution is -0.119. The first kappa shape index (κ1) is 20.3. The van der Waals surface area contributed by atoms with Gasteiger partial charge in [0.05, 0.1) is 17.1 Å². The molecule has 0 aliphatic rings. The molecule has 0 bridgehead atoms. The number of hydrazine groups is 1. The number of amides is 2. The Morgan fingerprint density at radius 3 is 2.39 bits per heavy atom. The fourth-order valence-corrected chi connectivity index (χ4v) is 3.58. The molecule has 0 fully saturated rings. The van der Waals surface area contributed by atoms with Crippen LogP contribution in [0.25, 0.3) is 5.69 Å². The van der Waals surface area contributed by atoms with Crippen molar-refractivity contribution in [2.45, 2.75) is 11.8 Å². The molecular formula is C19H16Cl2N4O2S. The predicted molar refractivity (Wildman–Crippen MR) is 111 cm³/mol. The summed E-state index contributed by atoms with van der Waals surface area (Å²) in [5, 5.41) is 5.11. The van der Waals surface area contributed by atoms with Crippen LogP contribution in [0.15, 0.2) is 59.5 Å². The van der Waals surface area contributed by atoms with E-state index in [0.717, 1.165) is 10.6 Å². The summed E-state index contributed by atoms with van der Waals surface area (Å²) in [6.45, 7) is 1.68. The molecule has 28 heavy (non-hydrogen) atoms. The summed E-state index contributed by atoms with van der Waals surface area (Å²) in [5.41, 5.74) is 6.16. The normalized spacial score (nSPS) is 10.5. The summed E-state index contributed by atoms with van der Waals surface area (Å²) in [6, 6.07) is 16.4. The van der Waals surface area contributed by atoms with Crippen molar-refractivity contribution >= 4 is 46.8 Å². The molecular weight excluding hydrogens is 419 g/mol. The molecule has 0 aliphatic carbocycles. The van der Waals surface area contributed by atoms with E-state index >= 15 is 0 Å². The lowest BCUT2D eigenvalue weighted by atomic mass is 10.2. The van der Waals surface area contributed by atoms with Crippen LogP contribution in [0.5, 0.6) is 0 Å². The lowest BCUT2D eigenvalue weighted by Gasteiger charge is -2.07. The first-order valence-corrected chi connectivity index (χ1v) is 9.98. The van der Waals surface area contributed by atoms with Crippen LogP contribution in [-0.2, 0) is 4.79 Å². The average molecular weight is 435 g/mol. The van der Waals surface area contributed by atoms with Crippen LogP contribution >= 0.6 is 35.0 Å². The van der Waals surface area contributed by atoms with Crippen molar-refractivity contribution in [1.82, 2.24) is 20.6 Å². The molecule has 9 heteroatoms. The third kappa shape index (κ3) is 4.86. The molecule has 0 saturated carbocycles. The van der Waals surface area contributed by atoms with Gasteiger partial charge in [-0.2, -0.15) is 5.10 Å². The minimum atomic E-state index is -0.533. The maximum atomic E-state index is 12.5. The fraction of sp³-hybridized carbons (Fsp3) is 0.105. The second-order valence-electron chi connectivity index (χ2n) is 5.74. The highest BCUT2D eigenvalue weighted by molar-refractivity contribution is 8.00. The maximum absolute atomic E-state index is 12.5. The van der Waals surface area contributed by atoms with Gasteiger partial charge in [0.1, 0.15) is 10.7 Å². The number of thioether (sulfide) groups is 1. The number of nitrogens with zero attached hydrogens (tertiary/aromatic N) is 2. The Morgan fingerprint density at radius 2 is 1.71 bits per heavy atom. The highest BCUT2D eigenvalue weighted by Crippen LogP contribution is 2.23. The maximum Gasteiger partial charge on any atom is 0.274 e. The fourth-order valence-electron chi connectivity index (χ4n) is 2.40. The molecule has 3 aromatic rings. The Bertz CT molecular complexity index is 991. The summed E-state index contributed by atoms with van der Waals surface area (Å²) in [4.78, 5) is 25.3. The van der Waals surface area contributed by atoms with E-state index in [1.54, 1.807) is 19.1 Å². The van der Waals surface area contributed by atoms with Crippen molar-refractivity contribution < 1.29 is 9.59 Å². The number of hydrogen-bond donors (Lipinski definition) is 2. The second-order valence-corrected chi connectivity index (χ2v) is 7.59. The predicted octanol–water partition coefficient (Wildman–Crippen LogP) is 4.04. The van der Waals surface area contributed by atoms with E-state index in [0.29, 0.717) is 10.7 Å². The molecule has 0 aliphatic heterocycles. The zero-order valence-electron chi connectivity index (χ0n) is 14.8. The van der Waals surface area contributed by atoms with Crippen LogP contribution < -0.4 is 10.9 Å². The third-order valence-electron chi connectivity index (χ3n) is 3.73. The Morgan fingerprint density at radius 1 is 1.04 bits per heavy atom. The second kappa shape index (κ2) is 9.14. The van der Waals surface area contributed by atoms with Crippen LogP contribution in [0, 0.1) is 6.92 Å². The minimum absolute atomic E-state index is 0.137. The number of aryl methyl sites for hydroxylation is 1. The largest absolute Gasteiger partial charge is 0.274 e. The van der Waals surface area contributed by atoms with Gasteiger partial charge in [-0.3, -0.25) is 20.4 Å². The Balaban J connectivity index is 1.59. The highest BCUT2D eigenvalue weighted by atomic mass is 35.5. The zero-order valence-corrected chi connectivity index (χ0v) is 17.1. The van der Waals surface area contributed by atoms with Crippen LogP contribution in [0.1, 0.15) is 16.1 Å². The molecule has 0 radical (unpaired) electrons. The molecule has 0 atom stereocenters. The molecule has 1 heterocycles. The van der Waals surface area contributed by atoms with Gasteiger partial charge in [0, 0.05) is 9.92 Å². The van der Waals surface area contributed by atoms with E-state index in [9.17, 15) is 9.59 Å². The smallest absolute Gasteiger partial charge is 0.272 e. The van der Waals surface area contributed by atoms with Gasteiger partial charge in [-0.25, -0.2) is 4.68 Å². The molecule has 2 amide bonds. The van der Waals surface area contributed by atoms with Gasteiger partial charge in [0.25, 0.3) is 5.91 Å². The van der Waals surface area contributed by atoms with Gasteiger partial charge in [0.15, 0.2) is 0 Å². The lowest BCUT2D eigenvalue weighted by Crippen LogP contribution is -2.42. The Labute approximate surface area is 176 Å².